The fourth-order valence-electron chi connectivity index (χ4n) is 1.23. The van der Waals surface area contributed by atoms with Crippen molar-refractivity contribution in [1.82, 2.24) is 0 Å². The number of benzene rings is 1. The maximum atomic E-state index is 6.08. The van der Waals surface area contributed by atoms with E-state index in [1.807, 2.05) is 12.1 Å². The van der Waals surface area contributed by atoms with Gasteiger partial charge < -0.3 is 0 Å². The molecule has 0 saturated carbocycles. The van der Waals surface area contributed by atoms with Crippen LogP contribution in [0, 0.1) is 0 Å². The third-order valence-corrected chi connectivity index (χ3v) is 4.14. The lowest BCUT2D eigenvalue weighted by atomic mass is 10.2. The topological polar surface area (TPSA) is 0 Å². The van der Waals surface area contributed by atoms with Crippen molar-refractivity contribution in [1.29, 1.82) is 0 Å². The molecule has 0 amide bonds. The Bertz CT molecular complexity index is 450. The summed E-state index contributed by atoms with van der Waals surface area (Å²) >= 11 is 15.4. The van der Waals surface area contributed by atoms with Crippen LogP contribution < -0.4 is 0 Å². The van der Waals surface area contributed by atoms with E-state index in [1.165, 1.54) is 15.6 Å². The molecule has 13 heavy (non-hydrogen) atoms. The molecule has 68 valence electrons. The zero-order valence-electron chi connectivity index (χ0n) is 6.55. The lowest BCUT2D eigenvalue weighted by molar-refractivity contribution is 1.50. The number of thiophene rings is 1. The summed E-state index contributed by atoms with van der Waals surface area (Å²) in [5.74, 6) is 0. The minimum absolute atomic E-state index is 0.803. The monoisotopic (exact) mass is 292 g/mol. The van der Waals surface area contributed by atoms with Crippen LogP contribution in [0.3, 0.4) is 0 Å². The van der Waals surface area contributed by atoms with Crippen molar-refractivity contribution in [3.05, 3.63) is 28.1 Å². The van der Waals surface area contributed by atoms with E-state index < -0.39 is 0 Å². The Labute approximate surface area is 99.4 Å². The highest BCUT2D eigenvalue weighted by Gasteiger charge is 2.08. The Hall–Kier alpha value is 0.300. The second-order valence-electron chi connectivity index (χ2n) is 2.67. The third-order valence-electron chi connectivity index (χ3n) is 1.86. The van der Waals surface area contributed by atoms with Crippen molar-refractivity contribution < 1.29 is 0 Å². The first-order valence-corrected chi connectivity index (χ1v) is 6.44. The van der Waals surface area contributed by atoms with Crippen molar-refractivity contribution >= 4 is 61.6 Å². The van der Waals surface area contributed by atoms with E-state index in [-0.39, 0.29) is 0 Å². The summed E-state index contributed by atoms with van der Waals surface area (Å²) in [6, 6.07) is 6.10. The molecule has 2 rings (SSSR count). The van der Waals surface area contributed by atoms with Gasteiger partial charge in [0.25, 0.3) is 0 Å². The number of rotatable bonds is 1. The number of halogens is 2. The van der Waals surface area contributed by atoms with Crippen LogP contribution in [0.25, 0.3) is 10.1 Å². The van der Waals surface area contributed by atoms with Gasteiger partial charge in [-0.15, -0.1) is 24.0 Å². The van der Waals surface area contributed by atoms with Gasteiger partial charge in [-0.2, -0.15) is 0 Å². The zero-order valence-corrected chi connectivity index (χ0v) is 10.6. The quantitative estimate of drug-likeness (QED) is 0.570. The molecule has 0 aliphatic rings. The van der Waals surface area contributed by atoms with Crippen LogP contribution in [0.5, 0.6) is 0 Å². The van der Waals surface area contributed by atoms with Gasteiger partial charge in [-0.1, -0.05) is 33.6 Å². The smallest absolute Gasteiger partial charge is 0.0981 e. The second kappa shape index (κ2) is 3.81. The van der Waals surface area contributed by atoms with Gasteiger partial charge in [0.05, 0.1) is 4.34 Å². The van der Waals surface area contributed by atoms with E-state index in [9.17, 15) is 0 Å². The van der Waals surface area contributed by atoms with Gasteiger partial charge in [-0.3, -0.25) is 0 Å². The molecule has 0 saturated heterocycles. The molecular weight excluding hydrogens is 288 g/mol. The Balaban J connectivity index is 2.79. The summed E-state index contributed by atoms with van der Waals surface area (Å²) in [6.07, 6.45) is 0. The first-order valence-electron chi connectivity index (χ1n) is 3.68. The van der Waals surface area contributed by atoms with Crippen molar-refractivity contribution in [2.24, 2.45) is 0 Å². The van der Waals surface area contributed by atoms with Gasteiger partial charge in [0.15, 0.2) is 0 Å². The fraction of sp³-hybridized carbons (Fsp3) is 0.111. The molecule has 1 aromatic carbocycles. The van der Waals surface area contributed by atoms with Gasteiger partial charge >= 0.3 is 0 Å². The summed E-state index contributed by atoms with van der Waals surface area (Å²) < 4.78 is 2.07. The molecule has 0 fully saturated rings. The second-order valence-corrected chi connectivity index (χ2v) is 5.40. The van der Waals surface area contributed by atoms with Crippen LogP contribution in [-0.4, -0.2) is 0 Å². The lowest BCUT2D eigenvalue weighted by Gasteiger charge is -1.94. The largest absolute Gasteiger partial charge is 0.143 e. The van der Waals surface area contributed by atoms with Crippen molar-refractivity contribution in [3.8, 4) is 0 Å². The Kier molecular flexibility index (Phi) is 2.88. The number of thiol groups is 1. The van der Waals surface area contributed by atoms with Gasteiger partial charge in [0.1, 0.15) is 0 Å². The van der Waals surface area contributed by atoms with Crippen LogP contribution >= 0.6 is 51.5 Å². The number of hydrogen-bond donors (Lipinski definition) is 1. The predicted molar refractivity (Wildman–Crippen MR) is 66.7 cm³/mol. The number of fused-ring (bicyclic) bond motifs is 1. The first-order chi connectivity index (χ1) is 6.22. The SMILES string of the molecule is Sc1ccc2c(CBr)c(Cl)sc2c1. The van der Waals surface area contributed by atoms with Gasteiger partial charge in [-0.25, -0.2) is 0 Å². The Morgan fingerprint density at radius 2 is 2.23 bits per heavy atom. The Morgan fingerprint density at radius 1 is 1.46 bits per heavy atom. The summed E-state index contributed by atoms with van der Waals surface area (Å²) in [5, 5.41) is 2.03. The molecule has 1 aromatic heterocycles. The van der Waals surface area contributed by atoms with E-state index >= 15 is 0 Å². The van der Waals surface area contributed by atoms with Crippen molar-refractivity contribution in [2.75, 3.05) is 0 Å². The summed E-state index contributed by atoms with van der Waals surface area (Å²) in [6.45, 7) is 0. The summed E-state index contributed by atoms with van der Waals surface area (Å²) in [5.41, 5.74) is 1.18. The zero-order chi connectivity index (χ0) is 9.42. The molecule has 0 atom stereocenters. The molecule has 0 aliphatic carbocycles. The van der Waals surface area contributed by atoms with Crippen LogP contribution in [-0.2, 0) is 5.33 Å². The summed E-state index contributed by atoms with van der Waals surface area (Å²) in [4.78, 5) is 0.978. The first kappa shape index (κ1) is 9.84. The highest BCUT2D eigenvalue weighted by molar-refractivity contribution is 9.08. The van der Waals surface area contributed by atoms with Crippen molar-refractivity contribution in [2.45, 2.75) is 10.2 Å². The number of hydrogen-bond acceptors (Lipinski definition) is 2. The minimum atomic E-state index is 0.803. The predicted octanol–water partition coefficient (Wildman–Crippen LogP) is 4.74. The maximum Gasteiger partial charge on any atom is 0.0981 e. The molecule has 0 nitrogen and oxygen atoms in total. The van der Waals surface area contributed by atoms with E-state index in [0.29, 0.717) is 0 Å². The van der Waals surface area contributed by atoms with Crippen LogP contribution in [0.2, 0.25) is 4.34 Å². The van der Waals surface area contributed by atoms with Crippen LogP contribution in [0.4, 0.5) is 0 Å². The van der Waals surface area contributed by atoms with E-state index in [4.69, 9.17) is 11.6 Å². The highest BCUT2D eigenvalue weighted by atomic mass is 79.9. The number of alkyl halides is 1. The maximum absolute atomic E-state index is 6.08. The average molecular weight is 294 g/mol. The van der Waals surface area contributed by atoms with E-state index in [1.54, 1.807) is 11.3 Å². The van der Waals surface area contributed by atoms with E-state index in [0.717, 1.165) is 14.6 Å². The van der Waals surface area contributed by atoms with Crippen LogP contribution in [0.1, 0.15) is 5.56 Å². The third kappa shape index (κ3) is 1.75. The normalized spacial score (nSPS) is 11.0. The molecule has 1 heterocycles. The molecule has 0 aliphatic heterocycles. The van der Waals surface area contributed by atoms with Gasteiger partial charge in [0, 0.05) is 20.5 Å². The molecular formula is C9H6BrClS2. The summed E-state index contributed by atoms with van der Waals surface area (Å²) in [7, 11) is 0. The molecule has 4 heteroatoms. The molecule has 0 bridgehead atoms. The Morgan fingerprint density at radius 3 is 2.92 bits per heavy atom. The fourth-order valence-corrected chi connectivity index (χ4v) is 3.86. The highest BCUT2D eigenvalue weighted by Crippen LogP contribution is 2.37. The lowest BCUT2D eigenvalue weighted by Crippen LogP contribution is -1.73. The molecule has 0 unspecified atom stereocenters. The van der Waals surface area contributed by atoms with Gasteiger partial charge in [-0.05, 0) is 17.5 Å². The van der Waals surface area contributed by atoms with E-state index in [2.05, 4.69) is 34.6 Å². The van der Waals surface area contributed by atoms with Crippen molar-refractivity contribution in [3.63, 3.8) is 0 Å². The standard InChI is InChI=1S/C9H6BrClS2/c10-4-7-6-2-1-5(12)3-8(6)13-9(7)11/h1-3,12H,4H2. The average Bonchev–Trinajstić information content (AvgIpc) is 2.39. The molecule has 0 radical (unpaired) electrons. The van der Waals surface area contributed by atoms with Crippen LogP contribution in [0.15, 0.2) is 23.1 Å². The molecule has 2 aromatic rings. The molecule has 0 spiro atoms. The minimum Gasteiger partial charge on any atom is -0.143 e. The van der Waals surface area contributed by atoms with Gasteiger partial charge in [0.2, 0.25) is 0 Å². The molecule has 0 N–H and O–H groups in total.